The molecule has 0 aliphatic heterocycles. The van der Waals surface area contributed by atoms with E-state index in [4.69, 9.17) is 4.74 Å². The van der Waals surface area contributed by atoms with Gasteiger partial charge in [-0.05, 0) is 34.7 Å². The molecule has 0 N–H and O–H groups in total. The minimum Gasteiger partial charge on any atom is -0.486 e. The summed E-state index contributed by atoms with van der Waals surface area (Å²) in [6, 6.07) is 7.97. The van der Waals surface area contributed by atoms with Crippen molar-refractivity contribution < 1.29 is 4.74 Å². The van der Waals surface area contributed by atoms with Gasteiger partial charge in [0.1, 0.15) is 12.4 Å². The Morgan fingerprint density at radius 1 is 1.40 bits per heavy atom. The summed E-state index contributed by atoms with van der Waals surface area (Å²) in [5, 5.41) is 0. The number of imidazole rings is 1. The van der Waals surface area contributed by atoms with Gasteiger partial charge in [0.2, 0.25) is 0 Å². The highest BCUT2D eigenvalue weighted by atomic mass is 127. The highest BCUT2D eigenvalue weighted by molar-refractivity contribution is 14.1. The largest absolute Gasteiger partial charge is 0.486 e. The van der Waals surface area contributed by atoms with Gasteiger partial charge in [0.25, 0.3) is 0 Å². The van der Waals surface area contributed by atoms with Crippen molar-refractivity contribution in [1.29, 1.82) is 0 Å². The predicted molar refractivity (Wildman–Crippen MR) is 66.7 cm³/mol. The van der Waals surface area contributed by atoms with Crippen LogP contribution in [0.5, 0.6) is 5.75 Å². The molecule has 0 bridgehead atoms. The molecule has 0 aliphatic rings. The quantitative estimate of drug-likeness (QED) is 0.814. The standard InChI is InChI=1S/C11H11IN2O/c1-14-8-13-6-9(14)7-15-11-5-3-2-4-10(11)12/h2-6,8H,7H2,1H3. The van der Waals surface area contributed by atoms with Crippen molar-refractivity contribution in [3.8, 4) is 5.75 Å². The van der Waals surface area contributed by atoms with E-state index in [9.17, 15) is 0 Å². The molecule has 1 heterocycles. The van der Waals surface area contributed by atoms with Crippen molar-refractivity contribution in [3.05, 3.63) is 46.1 Å². The van der Waals surface area contributed by atoms with Crippen LogP contribution in [0, 0.1) is 3.57 Å². The number of aryl methyl sites for hydroxylation is 1. The van der Waals surface area contributed by atoms with Crippen LogP contribution in [-0.4, -0.2) is 9.55 Å². The van der Waals surface area contributed by atoms with E-state index in [1.807, 2.05) is 42.1 Å². The van der Waals surface area contributed by atoms with Crippen LogP contribution in [0.3, 0.4) is 0 Å². The Morgan fingerprint density at radius 2 is 2.20 bits per heavy atom. The molecule has 2 rings (SSSR count). The first-order valence-electron chi connectivity index (χ1n) is 4.60. The molecule has 0 unspecified atom stereocenters. The van der Waals surface area contributed by atoms with E-state index in [0.717, 1.165) is 15.0 Å². The Balaban J connectivity index is 2.06. The second-order valence-corrected chi connectivity index (χ2v) is 4.38. The second kappa shape index (κ2) is 4.65. The van der Waals surface area contributed by atoms with Gasteiger partial charge < -0.3 is 9.30 Å². The topological polar surface area (TPSA) is 27.1 Å². The SMILES string of the molecule is Cn1cncc1COc1ccccc1I. The third-order valence-corrected chi connectivity index (χ3v) is 3.02. The first kappa shape index (κ1) is 10.5. The lowest BCUT2D eigenvalue weighted by molar-refractivity contribution is 0.295. The average molecular weight is 314 g/mol. The lowest BCUT2D eigenvalue weighted by atomic mass is 10.3. The van der Waals surface area contributed by atoms with Gasteiger partial charge >= 0.3 is 0 Å². The van der Waals surface area contributed by atoms with Gasteiger partial charge in [0, 0.05) is 7.05 Å². The summed E-state index contributed by atoms with van der Waals surface area (Å²) in [5.74, 6) is 0.916. The number of hydrogen-bond donors (Lipinski definition) is 0. The number of nitrogens with zero attached hydrogens (tertiary/aromatic N) is 2. The van der Waals surface area contributed by atoms with Crippen LogP contribution in [0.25, 0.3) is 0 Å². The summed E-state index contributed by atoms with van der Waals surface area (Å²) in [6.45, 7) is 0.552. The molecular formula is C11H11IN2O. The molecule has 0 atom stereocenters. The second-order valence-electron chi connectivity index (χ2n) is 3.21. The van der Waals surface area contributed by atoms with Gasteiger partial charge in [-0.2, -0.15) is 0 Å². The molecule has 0 aliphatic carbocycles. The third-order valence-electron chi connectivity index (χ3n) is 2.13. The molecule has 0 spiro atoms. The van der Waals surface area contributed by atoms with E-state index in [1.165, 1.54) is 0 Å². The molecule has 15 heavy (non-hydrogen) atoms. The van der Waals surface area contributed by atoms with Gasteiger partial charge in [-0.1, -0.05) is 12.1 Å². The number of hydrogen-bond acceptors (Lipinski definition) is 2. The number of para-hydroxylation sites is 1. The monoisotopic (exact) mass is 314 g/mol. The number of rotatable bonds is 3. The predicted octanol–water partition coefficient (Wildman–Crippen LogP) is 2.60. The van der Waals surface area contributed by atoms with E-state index in [0.29, 0.717) is 6.61 Å². The summed E-state index contributed by atoms with van der Waals surface area (Å²) in [5.41, 5.74) is 1.06. The summed E-state index contributed by atoms with van der Waals surface area (Å²) in [6.07, 6.45) is 3.59. The Labute approximate surface area is 102 Å². The zero-order valence-corrected chi connectivity index (χ0v) is 10.5. The zero-order valence-electron chi connectivity index (χ0n) is 8.35. The minimum absolute atomic E-state index is 0.552. The molecule has 1 aromatic heterocycles. The molecular weight excluding hydrogens is 303 g/mol. The minimum atomic E-state index is 0.552. The van der Waals surface area contributed by atoms with Gasteiger partial charge in [-0.25, -0.2) is 4.98 Å². The van der Waals surface area contributed by atoms with E-state index in [1.54, 1.807) is 6.33 Å². The Bertz CT molecular complexity index is 453. The number of aromatic nitrogens is 2. The molecule has 0 radical (unpaired) electrons. The van der Waals surface area contributed by atoms with Crippen molar-refractivity contribution in [2.45, 2.75) is 6.61 Å². The first-order chi connectivity index (χ1) is 7.27. The summed E-state index contributed by atoms with van der Waals surface area (Å²) in [4.78, 5) is 4.04. The number of benzene rings is 1. The van der Waals surface area contributed by atoms with Gasteiger partial charge in [-0.15, -0.1) is 0 Å². The maximum Gasteiger partial charge on any atom is 0.133 e. The normalized spacial score (nSPS) is 10.3. The van der Waals surface area contributed by atoms with Crippen LogP contribution < -0.4 is 4.74 Å². The maximum absolute atomic E-state index is 5.69. The number of halogens is 1. The molecule has 2 aromatic rings. The Hall–Kier alpha value is -1.04. The zero-order chi connectivity index (χ0) is 10.7. The number of ether oxygens (including phenoxy) is 1. The van der Waals surface area contributed by atoms with Crippen molar-refractivity contribution in [1.82, 2.24) is 9.55 Å². The van der Waals surface area contributed by atoms with Gasteiger partial charge in [0.05, 0.1) is 21.8 Å². The van der Waals surface area contributed by atoms with Crippen molar-refractivity contribution in [2.75, 3.05) is 0 Å². The van der Waals surface area contributed by atoms with Crippen LogP contribution in [0.1, 0.15) is 5.69 Å². The molecule has 0 fully saturated rings. The van der Waals surface area contributed by atoms with Crippen molar-refractivity contribution >= 4 is 22.6 Å². The van der Waals surface area contributed by atoms with Gasteiger partial charge in [0.15, 0.2) is 0 Å². The van der Waals surface area contributed by atoms with E-state index in [-0.39, 0.29) is 0 Å². The Kier molecular flexibility index (Phi) is 3.25. The molecule has 3 nitrogen and oxygen atoms in total. The fourth-order valence-electron chi connectivity index (χ4n) is 1.24. The van der Waals surface area contributed by atoms with Crippen LogP contribution in [0.15, 0.2) is 36.8 Å². The summed E-state index contributed by atoms with van der Waals surface area (Å²) >= 11 is 2.26. The fourth-order valence-corrected chi connectivity index (χ4v) is 1.78. The van der Waals surface area contributed by atoms with Crippen LogP contribution >= 0.6 is 22.6 Å². The highest BCUT2D eigenvalue weighted by Gasteiger charge is 2.02. The molecule has 0 saturated heterocycles. The van der Waals surface area contributed by atoms with Crippen LogP contribution in [-0.2, 0) is 13.7 Å². The average Bonchev–Trinajstić information content (AvgIpc) is 2.63. The van der Waals surface area contributed by atoms with E-state index >= 15 is 0 Å². The third kappa shape index (κ3) is 2.50. The highest BCUT2D eigenvalue weighted by Crippen LogP contribution is 2.20. The Morgan fingerprint density at radius 3 is 2.87 bits per heavy atom. The molecule has 1 aromatic carbocycles. The lowest BCUT2D eigenvalue weighted by Crippen LogP contribution is -2.01. The summed E-state index contributed by atoms with van der Waals surface area (Å²) < 4.78 is 8.77. The van der Waals surface area contributed by atoms with E-state index < -0.39 is 0 Å². The van der Waals surface area contributed by atoms with E-state index in [2.05, 4.69) is 27.6 Å². The molecule has 0 amide bonds. The van der Waals surface area contributed by atoms with Crippen LogP contribution in [0.4, 0.5) is 0 Å². The van der Waals surface area contributed by atoms with Crippen molar-refractivity contribution in [3.63, 3.8) is 0 Å². The maximum atomic E-state index is 5.69. The molecule has 78 valence electrons. The van der Waals surface area contributed by atoms with Gasteiger partial charge in [-0.3, -0.25) is 0 Å². The molecule has 4 heteroatoms. The van der Waals surface area contributed by atoms with Crippen molar-refractivity contribution in [2.24, 2.45) is 7.05 Å². The molecule has 0 saturated carbocycles. The lowest BCUT2D eigenvalue weighted by Gasteiger charge is -2.07. The van der Waals surface area contributed by atoms with Crippen LogP contribution in [0.2, 0.25) is 0 Å². The fraction of sp³-hybridized carbons (Fsp3) is 0.182. The smallest absolute Gasteiger partial charge is 0.133 e. The summed E-state index contributed by atoms with van der Waals surface area (Å²) in [7, 11) is 1.96. The first-order valence-corrected chi connectivity index (χ1v) is 5.68.